The maximum absolute atomic E-state index is 13.0. The molecule has 0 spiro atoms. The molecule has 5 N–H and O–H groups in total. The highest BCUT2D eigenvalue weighted by Gasteiger charge is 2.21. The largest absolute Gasteiger partial charge is 0.387 e. The van der Waals surface area contributed by atoms with Crippen molar-refractivity contribution >= 4 is 34.0 Å². The van der Waals surface area contributed by atoms with Crippen LogP contribution in [0.4, 0.5) is 11.4 Å². The summed E-state index contributed by atoms with van der Waals surface area (Å²) in [4.78, 5) is 36.2. The predicted octanol–water partition coefficient (Wildman–Crippen LogP) is 4.07. The van der Waals surface area contributed by atoms with E-state index in [-0.39, 0.29) is 12.1 Å². The summed E-state index contributed by atoms with van der Waals surface area (Å²) >= 11 is 6.08. The van der Waals surface area contributed by atoms with Crippen molar-refractivity contribution in [2.24, 2.45) is 0 Å². The van der Waals surface area contributed by atoms with Gasteiger partial charge in [0.05, 0.1) is 29.4 Å². The minimum Gasteiger partial charge on any atom is -0.387 e. The van der Waals surface area contributed by atoms with Gasteiger partial charge < -0.3 is 30.3 Å². The maximum atomic E-state index is 13.0. The lowest BCUT2D eigenvalue weighted by Gasteiger charge is -2.35. The van der Waals surface area contributed by atoms with Crippen molar-refractivity contribution < 1.29 is 5.11 Å². The minimum absolute atomic E-state index is 0.200. The summed E-state index contributed by atoms with van der Waals surface area (Å²) in [6.07, 6.45) is 4.42. The Bertz CT molecular complexity index is 1670. The molecule has 206 valence electrons. The lowest BCUT2D eigenvalue weighted by molar-refractivity contribution is 0.191. The van der Waals surface area contributed by atoms with Crippen LogP contribution in [0.2, 0.25) is 5.02 Å². The fourth-order valence-corrected chi connectivity index (χ4v) is 5.43. The van der Waals surface area contributed by atoms with Gasteiger partial charge in [0.1, 0.15) is 17.2 Å². The zero-order valence-electron chi connectivity index (χ0n) is 22.1. The van der Waals surface area contributed by atoms with Crippen LogP contribution in [0.3, 0.4) is 0 Å². The summed E-state index contributed by atoms with van der Waals surface area (Å²) in [6, 6.07) is 13.1. The van der Waals surface area contributed by atoms with Gasteiger partial charge in [-0.15, -0.1) is 0 Å². The second-order valence-corrected chi connectivity index (χ2v) is 10.5. The van der Waals surface area contributed by atoms with Gasteiger partial charge in [0, 0.05) is 62.0 Å². The van der Waals surface area contributed by atoms with E-state index in [9.17, 15) is 9.90 Å². The summed E-state index contributed by atoms with van der Waals surface area (Å²) < 4.78 is 0. The van der Waals surface area contributed by atoms with Crippen molar-refractivity contribution in [2.45, 2.75) is 19.6 Å². The number of rotatable bonds is 8. The van der Waals surface area contributed by atoms with Crippen LogP contribution in [0.5, 0.6) is 0 Å². The SMILES string of the molecule is Cc1cc(N2CCN(Cc3ncc[nH]3)CC2)cc2[nH]c(-c3c(NCC(O)c4cccc(Cl)c4)cc[nH]c3=O)nc12. The summed E-state index contributed by atoms with van der Waals surface area (Å²) in [5, 5.41) is 14.5. The van der Waals surface area contributed by atoms with Crippen LogP contribution in [-0.4, -0.2) is 67.7 Å². The average molecular weight is 559 g/mol. The molecule has 10 nitrogen and oxygen atoms in total. The summed E-state index contributed by atoms with van der Waals surface area (Å²) in [5.41, 5.74) is 5.25. The fourth-order valence-electron chi connectivity index (χ4n) is 5.23. The molecule has 1 atom stereocenters. The van der Waals surface area contributed by atoms with Gasteiger partial charge in [-0.2, -0.15) is 0 Å². The molecule has 0 bridgehead atoms. The average Bonchev–Trinajstić information content (AvgIpc) is 3.62. The highest BCUT2D eigenvalue weighted by atomic mass is 35.5. The molecule has 1 aliphatic rings. The molecule has 1 aliphatic heterocycles. The van der Waals surface area contributed by atoms with Crippen molar-refractivity contribution in [2.75, 3.05) is 42.9 Å². The number of fused-ring (bicyclic) bond motifs is 1. The second kappa shape index (κ2) is 11.2. The molecule has 5 aromatic rings. The van der Waals surface area contributed by atoms with Crippen LogP contribution in [0.1, 0.15) is 23.1 Å². The molecule has 11 heteroatoms. The van der Waals surface area contributed by atoms with Gasteiger partial charge in [-0.25, -0.2) is 9.97 Å². The van der Waals surface area contributed by atoms with Crippen LogP contribution in [-0.2, 0) is 6.54 Å². The Hall–Kier alpha value is -4.12. The van der Waals surface area contributed by atoms with Gasteiger partial charge in [-0.05, 0) is 48.4 Å². The number of imidazole rings is 2. The molecule has 0 saturated carbocycles. The highest BCUT2D eigenvalue weighted by molar-refractivity contribution is 6.30. The van der Waals surface area contributed by atoms with Gasteiger partial charge in [0.2, 0.25) is 0 Å². The number of aromatic nitrogens is 5. The number of aromatic amines is 3. The Balaban J connectivity index is 1.21. The number of aliphatic hydroxyl groups is 1. The van der Waals surface area contributed by atoms with Gasteiger partial charge in [0.25, 0.3) is 5.56 Å². The monoisotopic (exact) mass is 558 g/mol. The Kier molecular flexibility index (Phi) is 7.29. The van der Waals surface area contributed by atoms with E-state index in [0.29, 0.717) is 27.7 Å². The van der Waals surface area contributed by atoms with Crippen molar-refractivity contribution in [1.82, 2.24) is 29.8 Å². The zero-order chi connectivity index (χ0) is 27.6. The standard InChI is InChI=1S/C29H31ClN8O2/c1-18-13-21(38-11-9-37(10-12-38)17-25-31-7-8-32-25)15-23-27(18)36-28(35-23)26-22(5-6-33-29(26)40)34-16-24(39)19-3-2-4-20(30)14-19/h2-8,13-15,24,39H,9-12,16-17H2,1H3,(H,31,32)(H,35,36)(H2,33,34,40). The molecular formula is C29H31ClN8O2. The number of aliphatic hydroxyl groups excluding tert-OH is 1. The van der Waals surface area contributed by atoms with E-state index in [1.54, 1.807) is 36.7 Å². The number of anilines is 2. The van der Waals surface area contributed by atoms with Gasteiger partial charge in [0.15, 0.2) is 0 Å². The molecule has 2 aromatic carbocycles. The van der Waals surface area contributed by atoms with Crippen LogP contribution >= 0.6 is 11.6 Å². The number of H-pyrrole nitrogens is 3. The number of pyridine rings is 1. The zero-order valence-corrected chi connectivity index (χ0v) is 22.9. The molecule has 40 heavy (non-hydrogen) atoms. The van der Waals surface area contributed by atoms with E-state index in [1.807, 2.05) is 19.2 Å². The number of aryl methyl sites for hydroxylation is 1. The molecule has 3 aromatic heterocycles. The fraction of sp³-hybridized carbons (Fsp3) is 0.276. The van der Waals surface area contributed by atoms with Crippen LogP contribution in [0.15, 0.2) is 65.8 Å². The van der Waals surface area contributed by atoms with E-state index in [1.165, 1.54) is 0 Å². The lowest BCUT2D eigenvalue weighted by atomic mass is 10.1. The molecule has 4 heterocycles. The van der Waals surface area contributed by atoms with Crippen molar-refractivity contribution in [3.05, 3.63) is 93.4 Å². The Morgan fingerprint density at radius 3 is 2.73 bits per heavy atom. The number of benzene rings is 2. The first-order valence-corrected chi connectivity index (χ1v) is 13.7. The molecular weight excluding hydrogens is 528 g/mol. The van der Waals surface area contributed by atoms with Crippen LogP contribution < -0.4 is 15.8 Å². The Labute approximate surface area is 236 Å². The Morgan fingerprint density at radius 2 is 1.95 bits per heavy atom. The number of halogens is 1. The first-order valence-electron chi connectivity index (χ1n) is 13.3. The lowest BCUT2D eigenvalue weighted by Crippen LogP contribution is -2.46. The molecule has 1 fully saturated rings. The van der Waals surface area contributed by atoms with Crippen molar-refractivity contribution in [3.8, 4) is 11.4 Å². The van der Waals surface area contributed by atoms with E-state index in [4.69, 9.17) is 16.6 Å². The van der Waals surface area contributed by atoms with E-state index in [0.717, 1.165) is 60.8 Å². The third-order valence-electron chi connectivity index (χ3n) is 7.34. The van der Waals surface area contributed by atoms with Crippen LogP contribution in [0.25, 0.3) is 22.4 Å². The Morgan fingerprint density at radius 1 is 1.10 bits per heavy atom. The number of nitrogens with zero attached hydrogens (tertiary/aromatic N) is 4. The molecule has 1 saturated heterocycles. The highest BCUT2D eigenvalue weighted by Crippen LogP contribution is 2.30. The molecule has 0 amide bonds. The maximum Gasteiger partial charge on any atom is 0.261 e. The van der Waals surface area contributed by atoms with E-state index < -0.39 is 6.10 Å². The first-order chi connectivity index (χ1) is 19.4. The molecule has 1 unspecified atom stereocenters. The summed E-state index contributed by atoms with van der Waals surface area (Å²) in [6.45, 7) is 6.78. The number of hydrogen-bond acceptors (Lipinski definition) is 7. The molecule has 0 radical (unpaired) electrons. The molecule has 0 aliphatic carbocycles. The topological polar surface area (TPSA) is 129 Å². The molecule has 6 rings (SSSR count). The smallest absolute Gasteiger partial charge is 0.261 e. The number of hydrogen-bond donors (Lipinski definition) is 5. The predicted molar refractivity (Wildman–Crippen MR) is 158 cm³/mol. The van der Waals surface area contributed by atoms with Gasteiger partial charge >= 0.3 is 0 Å². The summed E-state index contributed by atoms with van der Waals surface area (Å²) in [5.74, 6) is 1.46. The minimum atomic E-state index is -0.800. The third-order valence-corrected chi connectivity index (χ3v) is 7.58. The van der Waals surface area contributed by atoms with Crippen LogP contribution in [0, 0.1) is 6.92 Å². The van der Waals surface area contributed by atoms with E-state index in [2.05, 4.69) is 47.2 Å². The summed E-state index contributed by atoms with van der Waals surface area (Å²) in [7, 11) is 0. The first kappa shape index (κ1) is 26.1. The van der Waals surface area contributed by atoms with E-state index >= 15 is 0 Å². The quantitative estimate of drug-likeness (QED) is 0.194. The third kappa shape index (κ3) is 5.46. The van der Waals surface area contributed by atoms with Gasteiger partial charge in [-0.3, -0.25) is 9.69 Å². The van der Waals surface area contributed by atoms with Gasteiger partial charge in [-0.1, -0.05) is 23.7 Å². The van der Waals surface area contributed by atoms with Crippen molar-refractivity contribution in [1.29, 1.82) is 0 Å². The second-order valence-electron chi connectivity index (χ2n) is 10.1. The van der Waals surface area contributed by atoms with Crippen molar-refractivity contribution in [3.63, 3.8) is 0 Å². The number of piperazine rings is 1. The normalized spacial score (nSPS) is 15.0. The number of nitrogens with one attached hydrogen (secondary N) is 4.